The number of ether oxygens (including phenoxy) is 3. The summed E-state index contributed by atoms with van der Waals surface area (Å²) in [5, 5.41) is 0. The minimum Gasteiger partial charge on any atom is -0.433 e. The van der Waals surface area contributed by atoms with Crippen LogP contribution in [0.25, 0.3) is 0 Å². The number of carbonyl (C=O) groups excluding carboxylic acids is 1. The van der Waals surface area contributed by atoms with Gasteiger partial charge in [-0.25, -0.2) is 4.79 Å². The van der Waals surface area contributed by atoms with Gasteiger partial charge in [0.2, 0.25) is 6.29 Å². The van der Waals surface area contributed by atoms with Gasteiger partial charge in [0.25, 0.3) is 0 Å². The Balaban J connectivity index is 1.36. The predicted molar refractivity (Wildman–Crippen MR) is 157 cm³/mol. The third-order valence-electron chi connectivity index (χ3n) is 9.75. The van der Waals surface area contributed by atoms with Gasteiger partial charge in [-0.15, -0.1) is 0 Å². The molecule has 0 N–H and O–H groups in total. The van der Waals surface area contributed by atoms with Crippen LogP contribution in [0.5, 0.6) is 0 Å². The Kier molecular flexibility index (Phi) is 12.0. The fourth-order valence-electron chi connectivity index (χ4n) is 6.83. The van der Waals surface area contributed by atoms with E-state index >= 15 is 0 Å². The number of esters is 1. The van der Waals surface area contributed by atoms with Crippen LogP contribution in [0.4, 0.5) is 0 Å². The van der Waals surface area contributed by atoms with E-state index in [2.05, 4.69) is 47.6 Å². The first-order valence-electron chi connectivity index (χ1n) is 15.8. The average molecular weight is 531 g/mol. The third kappa shape index (κ3) is 9.81. The molecule has 0 aromatic heterocycles. The van der Waals surface area contributed by atoms with Gasteiger partial charge in [-0.2, -0.15) is 0 Å². The Bertz CT molecular complexity index is 788. The van der Waals surface area contributed by atoms with Crippen LogP contribution in [-0.2, 0) is 19.0 Å². The molecular weight excluding hydrogens is 472 g/mol. The van der Waals surface area contributed by atoms with Crippen molar-refractivity contribution in [2.24, 2.45) is 28.6 Å². The molecule has 0 aliphatic heterocycles. The first-order chi connectivity index (χ1) is 18.0. The lowest BCUT2D eigenvalue weighted by Crippen LogP contribution is -2.29. The fraction of sp³-hybridized carbons (Fsp3) is 0.853. The monoisotopic (exact) mass is 530 g/mol. The van der Waals surface area contributed by atoms with Crippen molar-refractivity contribution in [2.75, 3.05) is 13.2 Å². The topological polar surface area (TPSA) is 44.8 Å². The quantitative estimate of drug-likeness (QED) is 0.143. The summed E-state index contributed by atoms with van der Waals surface area (Å²) in [6.07, 6.45) is 20.2. The molecule has 0 amide bonds. The van der Waals surface area contributed by atoms with Crippen LogP contribution in [0.15, 0.2) is 23.3 Å². The molecule has 0 radical (unpaired) electrons. The fourth-order valence-corrected chi connectivity index (χ4v) is 6.83. The maximum atomic E-state index is 12.8. The molecule has 38 heavy (non-hydrogen) atoms. The summed E-state index contributed by atoms with van der Waals surface area (Å²) < 4.78 is 17.5. The Morgan fingerprint density at radius 2 is 1.55 bits per heavy atom. The second-order valence-corrected chi connectivity index (χ2v) is 14.2. The van der Waals surface area contributed by atoms with Crippen molar-refractivity contribution in [1.82, 2.24) is 0 Å². The van der Waals surface area contributed by atoms with Gasteiger partial charge in [-0.3, -0.25) is 0 Å². The lowest BCUT2D eigenvalue weighted by molar-refractivity contribution is -0.174. The molecule has 0 spiro atoms. The van der Waals surface area contributed by atoms with Gasteiger partial charge in [0.1, 0.15) is 0 Å². The molecule has 0 heterocycles. The molecule has 2 fully saturated rings. The Labute approximate surface area is 234 Å². The van der Waals surface area contributed by atoms with E-state index in [-0.39, 0.29) is 11.4 Å². The van der Waals surface area contributed by atoms with E-state index in [1.165, 1.54) is 76.2 Å². The Morgan fingerprint density at radius 1 is 0.895 bits per heavy atom. The Morgan fingerprint density at radius 3 is 2.13 bits per heavy atom. The summed E-state index contributed by atoms with van der Waals surface area (Å²) in [4.78, 5) is 12.8. The third-order valence-corrected chi connectivity index (χ3v) is 9.75. The zero-order chi connectivity index (χ0) is 27.8. The zero-order valence-corrected chi connectivity index (χ0v) is 25.8. The average Bonchev–Trinajstić information content (AvgIpc) is 2.90. The van der Waals surface area contributed by atoms with Crippen LogP contribution >= 0.6 is 0 Å². The van der Waals surface area contributed by atoms with E-state index in [9.17, 15) is 4.79 Å². The van der Waals surface area contributed by atoms with Crippen LogP contribution < -0.4 is 0 Å². The number of rotatable bonds is 12. The molecule has 0 saturated heterocycles. The van der Waals surface area contributed by atoms with Crippen molar-refractivity contribution in [3.05, 3.63) is 23.3 Å². The molecule has 4 heteroatoms. The molecular formula is C34H58O4. The second-order valence-electron chi connectivity index (χ2n) is 14.2. The predicted octanol–water partition coefficient (Wildman–Crippen LogP) is 9.18. The normalized spacial score (nSPS) is 25.3. The van der Waals surface area contributed by atoms with Crippen molar-refractivity contribution in [1.29, 1.82) is 0 Å². The molecule has 2 atom stereocenters. The van der Waals surface area contributed by atoms with E-state index in [0.29, 0.717) is 30.7 Å². The molecule has 0 aromatic carbocycles. The highest BCUT2D eigenvalue weighted by atomic mass is 16.7. The van der Waals surface area contributed by atoms with Gasteiger partial charge in [0, 0.05) is 5.57 Å². The lowest BCUT2D eigenvalue weighted by atomic mass is 9.66. The van der Waals surface area contributed by atoms with Crippen LogP contribution in [0.2, 0.25) is 0 Å². The zero-order valence-electron chi connectivity index (χ0n) is 25.8. The molecule has 0 aromatic rings. The van der Waals surface area contributed by atoms with Crippen LogP contribution in [0.1, 0.15) is 132 Å². The van der Waals surface area contributed by atoms with Gasteiger partial charge in [-0.1, -0.05) is 97.8 Å². The summed E-state index contributed by atoms with van der Waals surface area (Å²) in [6, 6.07) is 0. The van der Waals surface area contributed by atoms with Gasteiger partial charge in [0.05, 0.1) is 19.3 Å². The summed E-state index contributed by atoms with van der Waals surface area (Å²) in [7, 11) is 0. The number of hydrogen-bond acceptors (Lipinski definition) is 4. The highest BCUT2D eigenvalue weighted by Crippen LogP contribution is 2.44. The van der Waals surface area contributed by atoms with Crippen molar-refractivity contribution in [3.63, 3.8) is 0 Å². The minimum absolute atomic E-state index is 0.198. The molecule has 3 rings (SSSR count). The van der Waals surface area contributed by atoms with Gasteiger partial charge >= 0.3 is 5.97 Å². The van der Waals surface area contributed by atoms with Crippen molar-refractivity contribution in [2.45, 2.75) is 144 Å². The van der Waals surface area contributed by atoms with Gasteiger partial charge < -0.3 is 14.2 Å². The van der Waals surface area contributed by atoms with Gasteiger partial charge in [-0.05, 0) is 80.5 Å². The molecule has 3 aliphatic carbocycles. The van der Waals surface area contributed by atoms with Crippen molar-refractivity contribution < 1.29 is 19.0 Å². The van der Waals surface area contributed by atoms with Crippen LogP contribution in [0, 0.1) is 28.6 Å². The Hall–Kier alpha value is -1.13. The molecule has 2 saturated carbocycles. The van der Waals surface area contributed by atoms with E-state index in [1.54, 1.807) is 6.92 Å². The first-order valence-corrected chi connectivity index (χ1v) is 15.8. The SMILES string of the molecule is CCC(C)(C)CC(C1=CC=C(C(=O)OC(C)OCCOC2CCC(C3CCCCC3)CC2)CC1)C(C)(C)C. The molecule has 2 unspecified atom stereocenters. The summed E-state index contributed by atoms with van der Waals surface area (Å²) in [5.41, 5.74) is 2.72. The largest absolute Gasteiger partial charge is 0.433 e. The summed E-state index contributed by atoms with van der Waals surface area (Å²) in [6.45, 7) is 16.8. The maximum Gasteiger partial charge on any atom is 0.336 e. The minimum atomic E-state index is -0.563. The van der Waals surface area contributed by atoms with E-state index < -0.39 is 6.29 Å². The van der Waals surface area contributed by atoms with Crippen LogP contribution in [0.3, 0.4) is 0 Å². The second kappa shape index (κ2) is 14.5. The summed E-state index contributed by atoms with van der Waals surface area (Å²) >= 11 is 0. The van der Waals surface area contributed by atoms with Crippen molar-refractivity contribution in [3.8, 4) is 0 Å². The maximum absolute atomic E-state index is 12.8. The van der Waals surface area contributed by atoms with E-state index in [0.717, 1.165) is 30.3 Å². The standard InChI is InChI=1S/C34H58O4/c1-8-34(6,7)24-31(33(3,4)5)28-14-16-29(17-15-28)32(35)38-25(2)36-22-23-37-30-20-18-27(19-21-30)26-12-10-9-11-13-26/h14,16,25-27,30-31H,8-13,15,17-24H2,1-7H3. The van der Waals surface area contributed by atoms with E-state index in [1.807, 2.05) is 6.08 Å². The molecule has 0 bridgehead atoms. The lowest BCUT2D eigenvalue weighted by Gasteiger charge is -2.39. The highest BCUT2D eigenvalue weighted by Gasteiger charge is 2.34. The van der Waals surface area contributed by atoms with Crippen LogP contribution in [-0.4, -0.2) is 31.6 Å². The van der Waals surface area contributed by atoms with Gasteiger partial charge in [0.15, 0.2) is 0 Å². The van der Waals surface area contributed by atoms with Crippen molar-refractivity contribution >= 4 is 5.97 Å². The molecule has 218 valence electrons. The first kappa shape index (κ1) is 31.4. The molecule has 4 nitrogen and oxygen atoms in total. The smallest absolute Gasteiger partial charge is 0.336 e. The molecule has 3 aliphatic rings. The highest BCUT2D eigenvalue weighted by molar-refractivity contribution is 5.89. The number of hydrogen-bond donors (Lipinski definition) is 0. The summed E-state index contributed by atoms with van der Waals surface area (Å²) in [5.74, 6) is 2.15. The number of carbonyl (C=O) groups is 1. The number of allylic oxidation sites excluding steroid dienone is 3. The van der Waals surface area contributed by atoms with E-state index in [4.69, 9.17) is 14.2 Å².